The van der Waals surface area contributed by atoms with Crippen molar-refractivity contribution in [1.82, 2.24) is 4.90 Å². The molecule has 4 rings (SSSR count). The van der Waals surface area contributed by atoms with Crippen molar-refractivity contribution in [3.8, 4) is 11.5 Å². The molecular formula is C24H32N2O7. The lowest BCUT2D eigenvalue weighted by Crippen LogP contribution is -2.69. The number of esters is 2. The van der Waals surface area contributed by atoms with Crippen LogP contribution in [-0.4, -0.2) is 70.5 Å². The molecule has 0 fully saturated rings. The lowest BCUT2D eigenvalue weighted by atomic mass is 9.54. The second-order valence-corrected chi connectivity index (χ2v) is 9.47. The second kappa shape index (κ2) is 8.00. The molecule has 0 bridgehead atoms. The number of ether oxygens (including phenoxy) is 3. The molecule has 1 aromatic rings. The van der Waals surface area contributed by atoms with Crippen molar-refractivity contribution in [1.29, 1.82) is 0 Å². The van der Waals surface area contributed by atoms with E-state index in [2.05, 4.69) is 4.90 Å². The van der Waals surface area contributed by atoms with Gasteiger partial charge < -0.3 is 35.1 Å². The summed E-state index contributed by atoms with van der Waals surface area (Å²) in [5, 5.41) is 22.6. The van der Waals surface area contributed by atoms with Gasteiger partial charge in [0.2, 0.25) is 0 Å². The minimum Gasteiger partial charge on any atom is -0.504 e. The van der Waals surface area contributed by atoms with Crippen LogP contribution in [0.5, 0.6) is 11.5 Å². The normalized spacial score (nSPS) is 31.2. The van der Waals surface area contributed by atoms with Crippen molar-refractivity contribution in [2.24, 2.45) is 5.73 Å². The van der Waals surface area contributed by atoms with Gasteiger partial charge in [0, 0.05) is 18.0 Å². The summed E-state index contributed by atoms with van der Waals surface area (Å²) in [6, 6.07) is 2.38. The average Bonchev–Trinajstić information content (AvgIpc) is 3.10. The van der Waals surface area contributed by atoms with Gasteiger partial charge in [0.05, 0.1) is 11.0 Å². The summed E-state index contributed by atoms with van der Waals surface area (Å²) in [7, 11) is 1.97. The van der Waals surface area contributed by atoms with E-state index >= 15 is 0 Å². The first-order chi connectivity index (χ1) is 15.5. The minimum absolute atomic E-state index is 0.0288. The Morgan fingerprint density at radius 1 is 1.33 bits per heavy atom. The first kappa shape index (κ1) is 23.5. The van der Waals surface area contributed by atoms with Gasteiger partial charge in [-0.15, -0.1) is 0 Å². The van der Waals surface area contributed by atoms with Gasteiger partial charge in [-0.2, -0.15) is 0 Å². The summed E-state index contributed by atoms with van der Waals surface area (Å²) in [6.45, 7) is 7.53. The Bertz CT molecular complexity index is 1020. The maximum Gasteiger partial charge on any atom is 0.352 e. The van der Waals surface area contributed by atoms with E-state index < -0.39 is 41.2 Å². The molecule has 9 heteroatoms. The summed E-state index contributed by atoms with van der Waals surface area (Å²) >= 11 is 0. The van der Waals surface area contributed by atoms with Crippen LogP contribution in [-0.2, 0) is 30.9 Å². The summed E-state index contributed by atoms with van der Waals surface area (Å²) in [5.74, 6) is -0.992. The Morgan fingerprint density at radius 2 is 2.03 bits per heavy atom. The van der Waals surface area contributed by atoms with E-state index in [0.717, 1.165) is 17.7 Å². The van der Waals surface area contributed by atoms with Crippen molar-refractivity contribution in [3.63, 3.8) is 0 Å². The molecule has 180 valence electrons. The molecule has 33 heavy (non-hydrogen) atoms. The van der Waals surface area contributed by atoms with E-state index in [1.165, 1.54) is 13.8 Å². The number of benzene rings is 1. The van der Waals surface area contributed by atoms with Crippen LogP contribution in [0, 0.1) is 0 Å². The van der Waals surface area contributed by atoms with E-state index in [9.17, 15) is 19.8 Å². The smallest absolute Gasteiger partial charge is 0.352 e. The number of carbonyl (C=O) groups excluding carboxylic acids is 2. The van der Waals surface area contributed by atoms with Gasteiger partial charge in [0.15, 0.2) is 23.7 Å². The Hall–Kier alpha value is -2.62. The molecule has 2 aliphatic carbocycles. The van der Waals surface area contributed by atoms with Gasteiger partial charge in [-0.05, 0) is 58.5 Å². The first-order valence-electron chi connectivity index (χ1n) is 11.3. The predicted molar refractivity (Wildman–Crippen MR) is 119 cm³/mol. The number of phenolic OH excluding ortho intramolecular Hbond substituents is 1. The predicted octanol–water partition coefficient (Wildman–Crippen LogP) is 1.13. The second-order valence-electron chi connectivity index (χ2n) is 9.47. The first-order valence-corrected chi connectivity index (χ1v) is 11.3. The van der Waals surface area contributed by atoms with Crippen LogP contribution in [0.25, 0.3) is 0 Å². The maximum atomic E-state index is 12.7. The van der Waals surface area contributed by atoms with Crippen LogP contribution in [0.1, 0.15) is 45.2 Å². The third-order valence-corrected chi connectivity index (χ3v) is 7.49. The van der Waals surface area contributed by atoms with Crippen LogP contribution in [0.15, 0.2) is 24.0 Å². The number of nitrogens with two attached hydrogens (primary N) is 1. The van der Waals surface area contributed by atoms with Crippen molar-refractivity contribution >= 4 is 11.9 Å². The maximum absolute atomic E-state index is 12.7. The molecule has 0 unspecified atom stereocenters. The summed E-state index contributed by atoms with van der Waals surface area (Å²) in [4.78, 5) is 26.6. The highest BCUT2D eigenvalue weighted by molar-refractivity contribution is 5.82. The number of likely N-dealkylation sites (N-methyl/N-ethyl adjacent to an activating group) is 1. The Labute approximate surface area is 193 Å². The van der Waals surface area contributed by atoms with Gasteiger partial charge in [-0.25, -0.2) is 4.79 Å². The van der Waals surface area contributed by atoms with Crippen molar-refractivity contribution in [2.45, 2.75) is 75.8 Å². The minimum atomic E-state index is -1.22. The fourth-order valence-electron chi connectivity index (χ4n) is 5.42. The molecule has 0 saturated heterocycles. The number of carbonyl (C=O) groups is 2. The number of aliphatic hydroxyl groups is 1. The zero-order chi connectivity index (χ0) is 24.3. The van der Waals surface area contributed by atoms with Crippen molar-refractivity contribution < 1.29 is 34.0 Å². The molecule has 1 aliphatic heterocycles. The number of hydrogen-bond acceptors (Lipinski definition) is 9. The lowest BCUT2D eigenvalue weighted by Gasteiger charge is -2.56. The van der Waals surface area contributed by atoms with Gasteiger partial charge in [0.1, 0.15) is 11.8 Å². The molecule has 0 spiro atoms. The van der Waals surface area contributed by atoms with Gasteiger partial charge in [0.25, 0.3) is 0 Å². The molecule has 0 amide bonds. The van der Waals surface area contributed by atoms with Crippen LogP contribution in [0.4, 0.5) is 0 Å². The Balaban J connectivity index is 1.72. The number of nitrogens with zero attached hydrogens (tertiary/aromatic N) is 1. The quantitative estimate of drug-likeness (QED) is 0.535. The van der Waals surface area contributed by atoms with E-state index in [1.54, 1.807) is 12.1 Å². The van der Waals surface area contributed by atoms with Crippen molar-refractivity contribution in [2.75, 3.05) is 13.6 Å². The molecule has 0 saturated carbocycles. The zero-order valence-corrected chi connectivity index (χ0v) is 19.6. The van der Waals surface area contributed by atoms with E-state index in [4.69, 9.17) is 19.9 Å². The summed E-state index contributed by atoms with van der Waals surface area (Å²) in [5.41, 5.74) is 5.03. The Morgan fingerprint density at radius 3 is 2.67 bits per heavy atom. The molecular weight excluding hydrogens is 428 g/mol. The molecule has 0 radical (unpaired) electrons. The highest BCUT2D eigenvalue weighted by atomic mass is 16.6. The highest BCUT2D eigenvalue weighted by Crippen LogP contribution is 2.62. The van der Waals surface area contributed by atoms with Crippen molar-refractivity contribution in [3.05, 3.63) is 35.1 Å². The van der Waals surface area contributed by atoms with Gasteiger partial charge in [-0.3, -0.25) is 4.79 Å². The molecule has 1 aromatic carbocycles. The molecule has 1 heterocycles. The number of rotatable bonds is 6. The monoisotopic (exact) mass is 460 g/mol. The summed E-state index contributed by atoms with van der Waals surface area (Å²) in [6.07, 6.45) is 0.475. The van der Waals surface area contributed by atoms with Gasteiger partial charge >= 0.3 is 11.9 Å². The van der Waals surface area contributed by atoms with E-state index in [0.29, 0.717) is 12.2 Å². The standard InChI is InChI=1S/C24H32N2O7/c1-6-26(5)17-11-14-7-8-15(27)19-18(14)23(4)20(33-19)16(9-10-24(17,23)30)32-22(29)13(3)31-21(28)12(2)25/h7-9,12-13,17,20,27,30H,6,10-11,25H2,1-5H3/t12-,13-,17+,20-,23-,24+/m0/s1. The lowest BCUT2D eigenvalue weighted by molar-refractivity contribution is -0.168. The molecule has 9 nitrogen and oxygen atoms in total. The Kier molecular flexibility index (Phi) is 5.71. The molecule has 3 aliphatic rings. The average molecular weight is 461 g/mol. The van der Waals surface area contributed by atoms with Crippen LogP contribution in [0.2, 0.25) is 0 Å². The molecule has 0 aromatic heterocycles. The number of hydrogen-bond donors (Lipinski definition) is 3. The van der Waals surface area contributed by atoms with E-state index in [1.807, 2.05) is 27.0 Å². The number of phenols is 1. The van der Waals surface area contributed by atoms with E-state index in [-0.39, 0.29) is 24.0 Å². The third kappa shape index (κ3) is 3.33. The molecule has 4 N–H and O–H groups in total. The topological polar surface area (TPSA) is 132 Å². The third-order valence-electron chi connectivity index (χ3n) is 7.49. The van der Waals surface area contributed by atoms with Gasteiger partial charge in [-0.1, -0.05) is 13.0 Å². The van der Waals surface area contributed by atoms with Crippen LogP contribution >= 0.6 is 0 Å². The number of aromatic hydroxyl groups is 1. The summed E-state index contributed by atoms with van der Waals surface area (Å²) < 4.78 is 16.9. The highest BCUT2D eigenvalue weighted by Gasteiger charge is 2.68. The fraction of sp³-hybridized carbons (Fsp3) is 0.583. The largest absolute Gasteiger partial charge is 0.504 e. The van der Waals surface area contributed by atoms with Crippen LogP contribution < -0.4 is 10.5 Å². The fourth-order valence-corrected chi connectivity index (χ4v) is 5.42. The van der Waals surface area contributed by atoms with Crippen LogP contribution in [0.3, 0.4) is 0 Å². The zero-order valence-electron chi connectivity index (χ0n) is 19.6. The molecule has 6 atom stereocenters. The SMILES string of the molecule is CCN(C)[C@@H]1Cc2ccc(O)c3c2[C@@]2(C)[C@@H](O3)C(OC(=O)[C@H](C)OC(=O)[C@H](C)N)=CC[C@@]12O.